The number of nitrogens with zero attached hydrogens (tertiary/aromatic N) is 2. The van der Waals surface area contributed by atoms with Gasteiger partial charge in [-0.3, -0.25) is 0 Å². The van der Waals surface area contributed by atoms with Crippen LogP contribution in [0.5, 0.6) is 0 Å². The highest BCUT2D eigenvalue weighted by molar-refractivity contribution is 5.46. The Kier molecular flexibility index (Phi) is 4.80. The van der Waals surface area contributed by atoms with Crippen molar-refractivity contribution in [1.29, 1.82) is 0 Å². The Bertz CT molecular complexity index is 500. The van der Waals surface area contributed by atoms with Crippen LogP contribution in [0.1, 0.15) is 5.56 Å². The van der Waals surface area contributed by atoms with E-state index in [-0.39, 0.29) is 0 Å². The minimum atomic E-state index is 0.963. The maximum atomic E-state index is 2.46. The zero-order chi connectivity index (χ0) is 14.4. The van der Waals surface area contributed by atoms with Crippen LogP contribution in [0.2, 0.25) is 0 Å². The van der Waals surface area contributed by atoms with Crippen LogP contribution in [0.25, 0.3) is 0 Å². The van der Waals surface area contributed by atoms with E-state index < -0.39 is 0 Å². The van der Waals surface area contributed by atoms with Crippen LogP contribution < -0.4 is 4.90 Å². The van der Waals surface area contributed by atoms with Crippen LogP contribution in [0, 0.1) is 0 Å². The topological polar surface area (TPSA) is 3.24 Å². The number of para-hydroxylation sites is 1. The first-order valence-corrected chi connectivity index (χ1v) is 7.19. The molecule has 106 valence electrons. The molecule has 0 aliphatic carbocycles. The Morgan fingerprint density at radius 1 is 0.800 bits per heavy atom. The van der Waals surface area contributed by atoms with Crippen molar-refractivity contribution in [3.8, 4) is 0 Å². The Balaban J connectivity index is 2.12. The summed E-state index contributed by atoms with van der Waals surface area (Å²) in [6.45, 7) is 3.15. The molecule has 2 heteroatoms. The molecule has 0 atom stereocenters. The smallest absolute Gasteiger partial charge is 0.0958 e. The molecular weight excluding hydrogens is 244 g/mol. The van der Waals surface area contributed by atoms with E-state index in [0.717, 1.165) is 24.1 Å². The summed E-state index contributed by atoms with van der Waals surface area (Å²) in [4.78, 5) is 2.46. The summed E-state index contributed by atoms with van der Waals surface area (Å²) in [5.74, 6) is 0. The summed E-state index contributed by atoms with van der Waals surface area (Å²) in [6.07, 6.45) is 0. The molecule has 2 rings (SSSR count). The number of likely N-dealkylation sites (N-methyl/N-ethyl adjacent to an activating group) is 1. The molecule has 2 aromatic rings. The highest BCUT2D eigenvalue weighted by Crippen LogP contribution is 2.16. The van der Waals surface area contributed by atoms with Crippen LogP contribution in [0.3, 0.4) is 0 Å². The van der Waals surface area contributed by atoms with E-state index in [1.54, 1.807) is 0 Å². The second-order valence-corrected chi connectivity index (χ2v) is 6.26. The van der Waals surface area contributed by atoms with E-state index in [2.05, 4.69) is 86.7 Å². The van der Waals surface area contributed by atoms with E-state index in [0.29, 0.717) is 0 Å². The van der Waals surface area contributed by atoms with Crippen molar-refractivity contribution in [3.63, 3.8) is 0 Å². The number of hydrogen-bond donors (Lipinski definition) is 0. The molecular formula is C18H25N2+. The minimum Gasteiger partial charge on any atom is -0.362 e. The van der Waals surface area contributed by atoms with Gasteiger partial charge in [-0.15, -0.1) is 0 Å². The van der Waals surface area contributed by atoms with Gasteiger partial charge in [0.05, 0.1) is 34.2 Å². The first kappa shape index (κ1) is 14.6. The van der Waals surface area contributed by atoms with Crippen molar-refractivity contribution in [1.82, 2.24) is 0 Å². The predicted octanol–water partition coefficient (Wildman–Crippen LogP) is 3.40. The third-order valence-electron chi connectivity index (χ3n) is 3.38. The third-order valence-corrected chi connectivity index (χ3v) is 3.38. The molecule has 2 nitrogen and oxygen atoms in total. The molecule has 0 saturated carbocycles. The van der Waals surface area contributed by atoms with Gasteiger partial charge in [-0.2, -0.15) is 0 Å². The molecule has 0 aromatic heterocycles. The van der Waals surface area contributed by atoms with E-state index in [4.69, 9.17) is 0 Å². The molecule has 0 aliphatic heterocycles. The number of rotatable bonds is 6. The first-order chi connectivity index (χ1) is 9.54. The average molecular weight is 269 g/mol. The maximum Gasteiger partial charge on any atom is 0.0958 e. The minimum absolute atomic E-state index is 0.963. The lowest BCUT2D eigenvalue weighted by Crippen LogP contribution is -2.42. The summed E-state index contributed by atoms with van der Waals surface area (Å²) in [6, 6.07) is 21.4. The highest BCUT2D eigenvalue weighted by atomic mass is 15.3. The lowest BCUT2D eigenvalue weighted by atomic mass is 10.2. The van der Waals surface area contributed by atoms with Gasteiger partial charge >= 0.3 is 0 Å². The zero-order valence-electron chi connectivity index (χ0n) is 12.8. The normalized spacial score (nSPS) is 11.3. The lowest BCUT2D eigenvalue weighted by Gasteiger charge is -2.30. The second kappa shape index (κ2) is 6.58. The quantitative estimate of drug-likeness (QED) is 0.727. The second-order valence-electron chi connectivity index (χ2n) is 6.26. The zero-order valence-corrected chi connectivity index (χ0v) is 12.8. The van der Waals surface area contributed by atoms with Crippen molar-refractivity contribution >= 4 is 5.69 Å². The van der Waals surface area contributed by atoms with E-state index in [1.807, 2.05) is 0 Å². The summed E-state index contributed by atoms with van der Waals surface area (Å²) in [5, 5.41) is 0. The molecule has 0 heterocycles. The average Bonchev–Trinajstić information content (AvgIpc) is 2.44. The van der Waals surface area contributed by atoms with Crippen LogP contribution in [0.4, 0.5) is 5.69 Å². The predicted molar refractivity (Wildman–Crippen MR) is 86.8 cm³/mol. The van der Waals surface area contributed by atoms with Gasteiger partial charge in [0.25, 0.3) is 0 Å². The Morgan fingerprint density at radius 3 is 1.90 bits per heavy atom. The van der Waals surface area contributed by atoms with Crippen molar-refractivity contribution in [2.45, 2.75) is 6.54 Å². The lowest BCUT2D eigenvalue weighted by molar-refractivity contribution is -0.868. The summed E-state index contributed by atoms with van der Waals surface area (Å²) in [7, 11) is 6.73. The van der Waals surface area contributed by atoms with Gasteiger partial charge in [0, 0.05) is 12.2 Å². The highest BCUT2D eigenvalue weighted by Gasteiger charge is 2.12. The molecule has 0 amide bonds. The van der Waals surface area contributed by atoms with Gasteiger partial charge in [0.15, 0.2) is 0 Å². The molecule has 0 N–H and O–H groups in total. The summed E-state index contributed by atoms with van der Waals surface area (Å²) >= 11 is 0. The van der Waals surface area contributed by atoms with Crippen molar-refractivity contribution in [3.05, 3.63) is 66.2 Å². The van der Waals surface area contributed by atoms with Gasteiger partial charge in [-0.05, 0) is 17.7 Å². The van der Waals surface area contributed by atoms with Crippen LogP contribution in [-0.4, -0.2) is 38.7 Å². The molecule has 0 spiro atoms. The Labute approximate surface area is 122 Å². The van der Waals surface area contributed by atoms with Crippen molar-refractivity contribution < 1.29 is 4.48 Å². The number of hydrogen-bond acceptors (Lipinski definition) is 1. The van der Waals surface area contributed by atoms with Gasteiger partial charge in [0.2, 0.25) is 0 Å². The molecule has 0 bridgehead atoms. The largest absolute Gasteiger partial charge is 0.362 e. The maximum absolute atomic E-state index is 2.46. The molecule has 0 aliphatic rings. The van der Waals surface area contributed by atoms with E-state index in [9.17, 15) is 0 Å². The van der Waals surface area contributed by atoms with Crippen LogP contribution in [0.15, 0.2) is 60.7 Å². The van der Waals surface area contributed by atoms with Crippen LogP contribution in [-0.2, 0) is 6.54 Å². The molecule has 20 heavy (non-hydrogen) atoms. The standard InChI is InChI=1S/C18H25N2/c1-20(2,3)15-14-19(18-12-8-5-9-13-18)16-17-10-6-4-7-11-17/h4-13H,14-16H2,1-3H3/q+1. The Hall–Kier alpha value is -1.80. The number of benzene rings is 2. The fourth-order valence-electron chi connectivity index (χ4n) is 2.16. The van der Waals surface area contributed by atoms with Crippen molar-refractivity contribution in [2.75, 3.05) is 39.1 Å². The molecule has 2 aromatic carbocycles. The third kappa shape index (κ3) is 4.71. The summed E-state index contributed by atoms with van der Waals surface area (Å²) in [5.41, 5.74) is 2.66. The first-order valence-electron chi connectivity index (χ1n) is 7.19. The van der Waals surface area contributed by atoms with E-state index in [1.165, 1.54) is 11.3 Å². The number of quaternary nitrogens is 1. The molecule has 0 radical (unpaired) electrons. The Morgan fingerprint density at radius 2 is 1.35 bits per heavy atom. The van der Waals surface area contributed by atoms with Gasteiger partial charge in [-0.1, -0.05) is 48.5 Å². The van der Waals surface area contributed by atoms with Gasteiger partial charge < -0.3 is 9.38 Å². The fraction of sp³-hybridized carbons (Fsp3) is 0.333. The monoisotopic (exact) mass is 269 g/mol. The molecule has 0 saturated heterocycles. The van der Waals surface area contributed by atoms with Gasteiger partial charge in [0.1, 0.15) is 0 Å². The number of anilines is 1. The van der Waals surface area contributed by atoms with Gasteiger partial charge in [-0.25, -0.2) is 0 Å². The molecule has 0 unspecified atom stereocenters. The molecule has 0 fully saturated rings. The SMILES string of the molecule is C[N+](C)(C)CCN(Cc1ccccc1)c1ccccc1. The fourth-order valence-corrected chi connectivity index (χ4v) is 2.16. The van der Waals surface area contributed by atoms with E-state index >= 15 is 0 Å². The summed E-state index contributed by atoms with van der Waals surface area (Å²) < 4.78 is 0.984. The van der Waals surface area contributed by atoms with Crippen LogP contribution >= 0.6 is 0 Å². The van der Waals surface area contributed by atoms with Crippen molar-refractivity contribution in [2.24, 2.45) is 0 Å².